The summed E-state index contributed by atoms with van der Waals surface area (Å²) in [7, 11) is 0. The molecule has 0 saturated carbocycles. The number of hydrogen-bond donors (Lipinski definition) is 1. The van der Waals surface area contributed by atoms with E-state index in [1.54, 1.807) is 31.2 Å². The van der Waals surface area contributed by atoms with Crippen LogP contribution < -0.4 is 16.6 Å². The van der Waals surface area contributed by atoms with Crippen molar-refractivity contribution in [2.45, 2.75) is 26.9 Å². The predicted octanol–water partition coefficient (Wildman–Crippen LogP) is 2.80. The van der Waals surface area contributed by atoms with Gasteiger partial charge in [0.1, 0.15) is 6.54 Å². The fourth-order valence-electron chi connectivity index (χ4n) is 3.47. The van der Waals surface area contributed by atoms with Crippen LogP contribution in [0.3, 0.4) is 0 Å². The molecular formula is C24H22N4O5S. The van der Waals surface area contributed by atoms with Crippen LogP contribution in [0.5, 0.6) is 0 Å². The van der Waals surface area contributed by atoms with Crippen LogP contribution in [0.2, 0.25) is 0 Å². The molecule has 0 fully saturated rings. The van der Waals surface area contributed by atoms with E-state index in [-0.39, 0.29) is 6.54 Å². The van der Waals surface area contributed by atoms with E-state index in [4.69, 9.17) is 4.74 Å². The van der Waals surface area contributed by atoms with Crippen molar-refractivity contribution in [2.24, 2.45) is 0 Å². The molecule has 2 aromatic carbocycles. The highest BCUT2D eigenvalue weighted by molar-refractivity contribution is 7.14. The second-order valence-electron chi connectivity index (χ2n) is 7.55. The molecule has 0 aliphatic heterocycles. The summed E-state index contributed by atoms with van der Waals surface area (Å²) < 4.78 is 7.30. The molecule has 0 saturated heterocycles. The summed E-state index contributed by atoms with van der Waals surface area (Å²) >= 11 is 1.26. The highest BCUT2D eigenvalue weighted by Gasteiger charge is 2.16. The monoisotopic (exact) mass is 478 g/mol. The van der Waals surface area contributed by atoms with Crippen molar-refractivity contribution in [3.63, 3.8) is 0 Å². The van der Waals surface area contributed by atoms with Gasteiger partial charge < -0.3 is 4.74 Å². The van der Waals surface area contributed by atoms with Gasteiger partial charge in [0.25, 0.3) is 11.5 Å². The number of aryl methyl sites for hydroxylation is 1. The lowest BCUT2D eigenvalue weighted by Crippen LogP contribution is -2.41. The van der Waals surface area contributed by atoms with E-state index >= 15 is 0 Å². The highest BCUT2D eigenvalue weighted by Crippen LogP contribution is 2.25. The number of hydrogen-bond acceptors (Lipinski definition) is 7. The molecule has 0 spiro atoms. The smallest absolute Gasteiger partial charge is 0.332 e. The van der Waals surface area contributed by atoms with E-state index in [1.165, 1.54) is 15.9 Å². The Morgan fingerprint density at radius 1 is 1.06 bits per heavy atom. The summed E-state index contributed by atoms with van der Waals surface area (Å²) in [4.78, 5) is 54.2. The zero-order valence-electron chi connectivity index (χ0n) is 18.6. The number of benzene rings is 2. The number of ether oxygens (including phenoxy) is 1. The topological polar surface area (TPSA) is 112 Å². The summed E-state index contributed by atoms with van der Waals surface area (Å²) in [5.41, 5.74) is 2.10. The molecule has 1 N–H and O–H groups in total. The molecule has 0 aliphatic rings. The van der Waals surface area contributed by atoms with Crippen molar-refractivity contribution in [3.05, 3.63) is 80.3 Å². The first-order chi connectivity index (χ1) is 16.4. The van der Waals surface area contributed by atoms with Crippen LogP contribution in [0.25, 0.3) is 22.2 Å². The molecule has 9 nitrogen and oxygen atoms in total. The van der Waals surface area contributed by atoms with E-state index in [1.807, 2.05) is 36.6 Å². The van der Waals surface area contributed by atoms with Crippen molar-refractivity contribution >= 4 is 39.2 Å². The lowest BCUT2D eigenvalue weighted by molar-refractivity contribution is -0.147. The highest BCUT2D eigenvalue weighted by atomic mass is 32.1. The molecule has 4 aromatic rings. The normalized spacial score (nSPS) is 10.9. The van der Waals surface area contributed by atoms with Gasteiger partial charge in [-0.25, -0.2) is 9.78 Å². The summed E-state index contributed by atoms with van der Waals surface area (Å²) in [5, 5.41) is 5.14. The quantitative estimate of drug-likeness (QED) is 0.409. The van der Waals surface area contributed by atoms with Gasteiger partial charge in [0.05, 0.1) is 16.6 Å². The van der Waals surface area contributed by atoms with Crippen molar-refractivity contribution in [1.82, 2.24) is 14.1 Å². The number of thiazole rings is 1. The number of carbonyl (C=O) groups is 2. The van der Waals surface area contributed by atoms with Crippen molar-refractivity contribution in [1.29, 1.82) is 0 Å². The van der Waals surface area contributed by atoms with E-state index in [0.29, 0.717) is 16.0 Å². The Balaban J connectivity index is 1.41. The average Bonchev–Trinajstić information content (AvgIpc) is 3.29. The Labute approximate surface area is 198 Å². The zero-order valence-corrected chi connectivity index (χ0v) is 19.4. The molecule has 34 heavy (non-hydrogen) atoms. The Bertz CT molecular complexity index is 1480. The van der Waals surface area contributed by atoms with E-state index < -0.39 is 36.3 Å². The first-order valence-electron chi connectivity index (χ1n) is 10.6. The Morgan fingerprint density at radius 2 is 1.79 bits per heavy atom. The lowest BCUT2D eigenvalue weighted by Gasteiger charge is -2.12. The third-order valence-corrected chi connectivity index (χ3v) is 5.96. The Kier molecular flexibility index (Phi) is 6.69. The summed E-state index contributed by atoms with van der Waals surface area (Å²) in [6.45, 7) is 2.88. The number of aromatic nitrogens is 3. The van der Waals surface area contributed by atoms with Crippen molar-refractivity contribution in [2.75, 3.05) is 11.9 Å². The molecule has 0 unspecified atom stereocenters. The van der Waals surface area contributed by atoms with Crippen LogP contribution >= 0.6 is 11.3 Å². The molecule has 0 bridgehead atoms. The maximum absolute atomic E-state index is 12.7. The zero-order chi connectivity index (χ0) is 24.2. The second-order valence-corrected chi connectivity index (χ2v) is 8.41. The Hall–Kier alpha value is -4.05. The van der Waals surface area contributed by atoms with E-state index in [2.05, 4.69) is 10.3 Å². The van der Waals surface area contributed by atoms with E-state index in [9.17, 15) is 19.2 Å². The summed E-state index contributed by atoms with van der Waals surface area (Å²) in [6, 6.07) is 14.4. The number of rotatable bonds is 7. The van der Waals surface area contributed by atoms with Gasteiger partial charge in [-0.15, -0.1) is 11.3 Å². The van der Waals surface area contributed by atoms with Crippen molar-refractivity contribution < 1.29 is 14.3 Å². The third-order valence-electron chi connectivity index (χ3n) is 5.20. The van der Waals surface area contributed by atoms with Gasteiger partial charge in [0, 0.05) is 17.5 Å². The first-order valence-corrected chi connectivity index (χ1v) is 11.5. The number of nitrogens with one attached hydrogen (secondary N) is 1. The molecule has 0 atom stereocenters. The molecule has 0 radical (unpaired) electrons. The van der Waals surface area contributed by atoms with Gasteiger partial charge in [-0.05, 0) is 26.0 Å². The number of anilines is 1. The number of amides is 1. The maximum atomic E-state index is 12.7. The number of carbonyl (C=O) groups excluding carboxylic acids is 2. The molecule has 1 amide bonds. The third kappa shape index (κ3) is 4.81. The van der Waals surface area contributed by atoms with E-state index in [0.717, 1.165) is 21.4 Å². The Morgan fingerprint density at radius 3 is 2.53 bits per heavy atom. The lowest BCUT2D eigenvalue weighted by atomic mass is 10.1. The first kappa shape index (κ1) is 23.1. The fraction of sp³-hybridized carbons (Fsp3) is 0.208. The largest absolute Gasteiger partial charge is 0.454 e. The number of para-hydroxylation sites is 1. The van der Waals surface area contributed by atoms with Crippen LogP contribution in [-0.2, 0) is 27.4 Å². The van der Waals surface area contributed by atoms with Gasteiger partial charge in [0.2, 0.25) is 0 Å². The van der Waals surface area contributed by atoms with Gasteiger partial charge >= 0.3 is 11.7 Å². The van der Waals surface area contributed by atoms with Crippen LogP contribution in [0, 0.1) is 6.92 Å². The fourth-order valence-corrected chi connectivity index (χ4v) is 4.20. The molecule has 174 valence electrons. The number of esters is 1. The molecule has 4 rings (SSSR count). The van der Waals surface area contributed by atoms with Crippen LogP contribution in [0.1, 0.15) is 12.5 Å². The minimum atomic E-state index is -0.775. The molecule has 0 aliphatic carbocycles. The second kappa shape index (κ2) is 9.84. The van der Waals surface area contributed by atoms with Gasteiger partial charge in [-0.3, -0.25) is 28.8 Å². The standard InChI is InChI=1S/C24H22N4O5S/c1-3-27-22(31)17-6-4-5-7-19(17)28(24(27)32)12-21(30)33-13-20(29)26-23-25-18(14-34-23)16-10-8-15(2)9-11-16/h4-11,14H,3,12-13H2,1-2H3,(H,25,26,29). The molecule has 2 heterocycles. The number of nitrogens with zero attached hydrogens (tertiary/aromatic N) is 3. The van der Waals surface area contributed by atoms with Gasteiger partial charge in [0.15, 0.2) is 11.7 Å². The minimum Gasteiger partial charge on any atom is -0.454 e. The summed E-state index contributed by atoms with van der Waals surface area (Å²) in [5.74, 6) is -1.32. The summed E-state index contributed by atoms with van der Waals surface area (Å²) in [6.07, 6.45) is 0. The molecule has 2 aromatic heterocycles. The molecular weight excluding hydrogens is 456 g/mol. The molecule has 10 heteroatoms. The van der Waals surface area contributed by atoms with Gasteiger partial charge in [-0.1, -0.05) is 42.0 Å². The maximum Gasteiger partial charge on any atom is 0.332 e. The average molecular weight is 479 g/mol. The van der Waals surface area contributed by atoms with Crippen LogP contribution in [0.15, 0.2) is 63.5 Å². The number of fused-ring (bicyclic) bond motifs is 1. The minimum absolute atomic E-state index is 0.165. The van der Waals surface area contributed by atoms with Crippen molar-refractivity contribution in [3.8, 4) is 11.3 Å². The van der Waals surface area contributed by atoms with Crippen LogP contribution in [-0.4, -0.2) is 32.6 Å². The van der Waals surface area contributed by atoms with Crippen LogP contribution in [0.4, 0.5) is 5.13 Å². The SMILES string of the molecule is CCn1c(=O)c2ccccc2n(CC(=O)OCC(=O)Nc2nc(-c3ccc(C)cc3)cs2)c1=O. The van der Waals surface area contributed by atoms with Gasteiger partial charge in [-0.2, -0.15) is 0 Å². The predicted molar refractivity (Wildman–Crippen MR) is 130 cm³/mol.